The third-order valence-electron chi connectivity index (χ3n) is 5.93. The lowest BCUT2D eigenvalue weighted by Gasteiger charge is -2.28. The van der Waals surface area contributed by atoms with Crippen LogP contribution in [0.4, 0.5) is 0 Å². The number of hydrogen-bond donors (Lipinski definition) is 1. The van der Waals surface area contributed by atoms with Crippen LogP contribution in [0.1, 0.15) is 76.8 Å². The van der Waals surface area contributed by atoms with Crippen LogP contribution in [0, 0.1) is 0 Å². The molecule has 0 saturated carbocycles. The highest BCUT2D eigenvalue weighted by Crippen LogP contribution is 2.41. The number of benzene rings is 2. The van der Waals surface area contributed by atoms with E-state index in [0.29, 0.717) is 12.2 Å². The van der Waals surface area contributed by atoms with Gasteiger partial charge in [0.15, 0.2) is 0 Å². The lowest BCUT2D eigenvalue weighted by molar-refractivity contribution is -0.130. The van der Waals surface area contributed by atoms with Crippen molar-refractivity contribution in [1.82, 2.24) is 4.90 Å². The second-order valence-electron chi connectivity index (χ2n) is 10.4. The van der Waals surface area contributed by atoms with Crippen LogP contribution in [-0.2, 0) is 22.0 Å². The first-order valence-corrected chi connectivity index (χ1v) is 11.8. The summed E-state index contributed by atoms with van der Waals surface area (Å²) >= 11 is 1.72. The van der Waals surface area contributed by atoms with Crippen molar-refractivity contribution in [2.45, 2.75) is 77.0 Å². The predicted molar refractivity (Wildman–Crippen MR) is 127 cm³/mol. The molecule has 0 bridgehead atoms. The summed E-state index contributed by atoms with van der Waals surface area (Å²) in [5.41, 5.74) is 3.87. The van der Waals surface area contributed by atoms with Crippen molar-refractivity contribution >= 4 is 17.7 Å². The molecule has 30 heavy (non-hydrogen) atoms. The van der Waals surface area contributed by atoms with Gasteiger partial charge in [0.25, 0.3) is 0 Å². The third kappa shape index (κ3) is 4.69. The number of rotatable bonds is 4. The summed E-state index contributed by atoms with van der Waals surface area (Å²) in [6.07, 6.45) is 0.688. The Balaban J connectivity index is 1.87. The molecule has 2 atom stereocenters. The first-order chi connectivity index (χ1) is 13.9. The molecule has 1 N–H and O–H groups in total. The van der Waals surface area contributed by atoms with Crippen molar-refractivity contribution in [3.63, 3.8) is 0 Å². The molecule has 0 aromatic heterocycles. The van der Waals surface area contributed by atoms with E-state index in [1.54, 1.807) is 11.8 Å². The zero-order valence-electron chi connectivity index (χ0n) is 19.3. The van der Waals surface area contributed by atoms with Crippen molar-refractivity contribution in [2.24, 2.45) is 0 Å². The van der Waals surface area contributed by atoms with E-state index in [1.165, 1.54) is 5.56 Å². The Bertz CT molecular complexity index is 874. The molecule has 0 aliphatic carbocycles. The van der Waals surface area contributed by atoms with Gasteiger partial charge in [0.05, 0.1) is 17.2 Å². The number of thioether (sulfide) groups is 1. The molecule has 1 aliphatic rings. The smallest absolute Gasteiger partial charge is 0.237 e. The molecule has 1 aliphatic heterocycles. The predicted octanol–water partition coefficient (Wildman–Crippen LogP) is 6.19. The lowest BCUT2D eigenvalue weighted by atomic mass is 9.78. The van der Waals surface area contributed by atoms with Crippen molar-refractivity contribution < 1.29 is 9.90 Å². The highest BCUT2D eigenvalue weighted by Gasteiger charge is 2.36. The van der Waals surface area contributed by atoms with E-state index in [0.717, 1.165) is 22.6 Å². The van der Waals surface area contributed by atoms with Gasteiger partial charge in [-0.2, -0.15) is 0 Å². The molecular formula is C26H35NO2S. The topological polar surface area (TPSA) is 40.5 Å². The minimum absolute atomic E-state index is 0.0753. The van der Waals surface area contributed by atoms with Gasteiger partial charge < -0.3 is 10.0 Å². The van der Waals surface area contributed by atoms with Crippen LogP contribution < -0.4 is 0 Å². The third-order valence-corrected chi connectivity index (χ3v) is 7.13. The fraction of sp³-hybridized carbons (Fsp3) is 0.500. The van der Waals surface area contributed by atoms with E-state index in [4.69, 9.17) is 0 Å². The summed E-state index contributed by atoms with van der Waals surface area (Å²) in [6.45, 7) is 14.8. The zero-order valence-corrected chi connectivity index (χ0v) is 20.1. The normalized spacial score (nSPS) is 18.7. The number of phenols is 1. The van der Waals surface area contributed by atoms with Gasteiger partial charge in [0.2, 0.25) is 5.91 Å². The fourth-order valence-corrected chi connectivity index (χ4v) is 5.30. The van der Waals surface area contributed by atoms with E-state index in [2.05, 4.69) is 72.7 Å². The molecule has 0 radical (unpaired) electrons. The fourth-order valence-electron chi connectivity index (χ4n) is 4.02. The molecule has 3 nitrogen and oxygen atoms in total. The molecular weight excluding hydrogens is 390 g/mol. The minimum atomic E-state index is -0.166. The molecule has 1 amide bonds. The quantitative estimate of drug-likeness (QED) is 0.635. The highest BCUT2D eigenvalue weighted by atomic mass is 32.2. The van der Waals surface area contributed by atoms with E-state index in [9.17, 15) is 9.90 Å². The number of phenolic OH excluding ortho intramolecular Hbond substituents is 1. The first kappa shape index (κ1) is 22.7. The van der Waals surface area contributed by atoms with Crippen molar-refractivity contribution in [2.75, 3.05) is 5.88 Å². The van der Waals surface area contributed by atoms with Gasteiger partial charge in [0.1, 0.15) is 5.75 Å². The molecule has 0 spiro atoms. The minimum Gasteiger partial charge on any atom is -0.507 e. The molecule has 2 aromatic rings. The van der Waals surface area contributed by atoms with Crippen LogP contribution in [0.2, 0.25) is 0 Å². The SMILES string of the molecule is C[C@H](c1ccccc1)N1CS[C@H](Cc2cc(C(C)(C)C)c(O)c(C(C)(C)C)c2)C1=O. The second kappa shape index (κ2) is 8.30. The van der Waals surface area contributed by atoms with Gasteiger partial charge in [-0.25, -0.2) is 0 Å². The molecule has 1 heterocycles. The van der Waals surface area contributed by atoms with Gasteiger partial charge in [-0.15, -0.1) is 11.8 Å². The second-order valence-corrected chi connectivity index (χ2v) is 11.6. The number of carbonyl (C=O) groups excluding carboxylic acids is 1. The average Bonchev–Trinajstić information content (AvgIpc) is 3.01. The maximum atomic E-state index is 13.2. The maximum Gasteiger partial charge on any atom is 0.237 e. The van der Waals surface area contributed by atoms with Crippen LogP contribution in [0.3, 0.4) is 0 Å². The monoisotopic (exact) mass is 425 g/mol. The molecule has 2 aromatic carbocycles. The van der Waals surface area contributed by atoms with E-state index in [-0.39, 0.29) is 28.0 Å². The molecule has 0 unspecified atom stereocenters. The van der Waals surface area contributed by atoms with E-state index < -0.39 is 0 Å². The van der Waals surface area contributed by atoms with Crippen LogP contribution in [0.15, 0.2) is 42.5 Å². The van der Waals surface area contributed by atoms with Crippen LogP contribution >= 0.6 is 11.8 Å². The molecule has 4 heteroatoms. The molecule has 162 valence electrons. The largest absolute Gasteiger partial charge is 0.507 e. The Labute approximate surface area is 185 Å². The molecule has 1 fully saturated rings. The summed E-state index contributed by atoms with van der Waals surface area (Å²) in [7, 11) is 0. The summed E-state index contributed by atoms with van der Waals surface area (Å²) in [6, 6.07) is 14.5. The number of amides is 1. The number of nitrogens with zero attached hydrogens (tertiary/aromatic N) is 1. The van der Waals surface area contributed by atoms with Crippen LogP contribution in [0.5, 0.6) is 5.75 Å². The first-order valence-electron chi connectivity index (χ1n) is 10.7. The van der Waals surface area contributed by atoms with Crippen molar-refractivity contribution in [3.8, 4) is 5.75 Å². The number of hydrogen-bond acceptors (Lipinski definition) is 3. The van der Waals surface area contributed by atoms with Gasteiger partial charge >= 0.3 is 0 Å². The standard InChI is InChI=1S/C26H35NO2S/c1-17(19-11-9-8-10-12-19)27-16-30-22(24(27)29)15-18-13-20(25(2,3)4)23(28)21(14-18)26(5,6)7/h8-14,17,22,28H,15-16H2,1-7H3/t17-,22-/m1/s1. The Morgan fingerprint density at radius 1 is 1.03 bits per heavy atom. The summed E-state index contributed by atoms with van der Waals surface area (Å²) < 4.78 is 0. The average molecular weight is 426 g/mol. The van der Waals surface area contributed by atoms with Crippen LogP contribution in [0.25, 0.3) is 0 Å². The van der Waals surface area contributed by atoms with Gasteiger partial charge in [0, 0.05) is 0 Å². The van der Waals surface area contributed by atoms with Gasteiger partial charge in [-0.1, -0.05) is 84.0 Å². The Hall–Kier alpha value is -1.94. The highest BCUT2D eigenvalue weighted by molar-refractivity contribution is 8.01. The van der Waals surface area contributed by atoms with E-state index >= 15 is 0 Å². The van der Waals surface area contributed by atoms with Crippen LogP contribution in [-0.4, -0.2) is 27.0 Å². The Morgan fingerprint density at radius 3 is 2.07 bits per heavy atom. The molecule has 1 saturated heterocycles. The molecule has 3 rings (SSSR count). The van der Waals surface area contributed by atoms with Crippen molar-refractivity contribution in [1.29, 1.82) is 0 Å². The zero-order chi connectivity index (χ0) is 22.3. The Kier molecular flexibility index (Phi) is 6.29. The number of aromatic hydroxyl groups is 1. The van der Waals surface area contributed by atoms with Gasteiger partial charge in [-0.05, 0) is 46.4 Å². The Morgan fingerprint density at radius 2 is 1.57 bits per heavy atom. The van der Waals surface area contributed by atoms with E-state index in [1.807, 2.05) is 23.1 Å². The maximum absolute atomic E-state index is 13.2. The van der Waals surface area contributed by atoms with Gasteiger partial charge in [-0.3, -0.25) is 4.79 Å². The summed E-state index contributed by atoms with van der Waals surface area (Å²) in [5, 5.41) is 10.9. The number of carbonyl (C=O) groups is 1. The van der Waals surface area contributed by atoms with Crippen molar-refractivity contribution in [3.05, 3.63) is 64.7 Å². The summed E-state index contributed by atoms with van der Waals surface area (Å²) in [5.74, 6) is 1.32. The summed E-state index contributed by atoms with van der Waals surface area (Å²) in [4.78, 5) is 15.2. The lowest BCUT2D eigenvalue weighted by Crippen LogP contribution is -2.32.